The van der Waals surface area contributed by atoms with E-state index in [9.17, 15) is 14.4 Å². The van der Waals surface area contributed by atoms with Gasteiger partial charge in [0.25, 0.3) is 0 Å². The third-order valence-corrected chi connectivity index (χ3v) is 4.00. The molecular formula is C21H36N2O7. The molecule has 0 rings (SSSR count). The lowest BCUT2D eigenvalue weighted by molar-refractivity contribution is -0.137. The van der Waals surface area contributed by atoms with Crippen molar-refractivity contribution in [3.8, 4) is 0 Å². The molecule has 0 unspecified atom stereocenters. The fraction of sp³-hybridized carbons (Fsp3) is 0.667. The maximum absolute atomic E-state index is 11.7. The summed E-state index contributed by atoms with van der Waals surface area (Å²) in [5.74, 6) is -0.916. The second-order valence-electron chi connectivity index (χ2n) is 6.60. The van der Waals surface area contributed by atoms with E-state index in [4.69, 9.17) is 9.47 Å². The molecule has 0 spiro atoms. The summed E-state index contributed by atoms with van der Waals surface area (Å²) in [5, 5.41) is 5.62. The van der Waals surface area contributed by atoms with E-state index in [0.29, 0.717) is 37.4 Å². The van der Waals surface area contributed by atoms with E-state index in [2.05, 4.69) is 33.3 Å². The standard InChI is InChI=1S/C21H36N2O7/c1-17(19(24)27-3)15-29-13-9-5-7-11-22-21(26)23-12-8-6-10-14-30-16-18(2)20(25)28-4/h1-2,5-16H2,3-4H3,(H2,22,23,26). The van der Waals surface area contributed by atoms with Crippen LogP contribution in [0.4, 0.5) is 4.79 Å². The molecule has 9 heteroatoms. The van der Waals surface area contributed by atoms with Gasteiger partial charge in [-0.3, -0.25) is 0 Å². The van der Waals surface area contributed by atoms with Crippen LogP contribution >= 0.6 is 0 Å². The zero-order chi connectivity index (χ0) is 22.6. The van der Waals surface area contributed by atoms with E-state index < -0.39 is 11.9 Å². The van der Waals surface area contributed by atoms with E-state index in [-0.39, 0.29) is 19.2 Å². The van der Waals surface area contributed by atoms with Gasteiger partial charge in [0.05, 0.1) is 38.6 Å². The first-order valence-corrected chi connectivity index (χ1v) is 10.1. The lowest BCUT2D eigenvalue weighted by Gasteiger charge is -2.08. The number of methoxy groups -OCH3 is 2. The van der Waals surface area contributed by atoms with Crippen LogP contribution in [0.5, 0.6) is 0 Å². The monoisotopic (exact) mass is 428 g/mol. The zero-order valence-corrected chi connectivity index (χ0v) is 18.3. The molecule has 9 nitrogen and oxygen atoms in total. The summed E-state index contributed by atoms with van der Waals surface area (Å²) in [6.45, 7) is 9.75. The molecule has 0 heterocycles. The highest BCUT2D eigenvalue weighted by atomic mass is 16.5. The molecule has 0 atom stereocenters. The third kappa shape index (κ3) is 15.5. The van der Waals surface area contributed by atoms with E-state index in [1.54, 1.807) is 0 Å². The minimum Gasteiger partial charge on any atom is -0.466 e. The molecule has 172 valence electrons. The number of esters is 2. The largest absolute Gasteiger partial charge is 0.466 e. The lowest BCUT2D eigenvalue weighted by atomic mass is 10.2. The van der Waals surface area contributed by atoms with Crippen LogP contribution in [-0.2, 0) is 28.5 Å². The summed E-state index contributed by atoms with van der Waals surface area (Å²) in [4.78, 5) is 33.9. The summed E-state index contributed by atoms with van der Waals surface area (Å²) >= 11 is 0. The number of hydrogen-bond acceptors (Lipinski definition) is 7. The first-order chi connectivity index (χ1) is 14.4. The van der Waals surface area contributed by atoms with Gasteiger partial charge in [0.2, 0.25) is 0 Å². The molecule has 0 aliphatic rings. The highest BCUT2D eigenvalue weighted by Gasteiger charge is 2.06. The molecule has 0 saturated carbocycles. The van der Waals surface area contributed by atoms with E-state index in [1.165, 1.54) is 14.2 Å². The Kier molecular flexibility index (Phi) is 17.1. The molecule has 2 amide bonds. The number of carbonyl (C=O) groups excluding carboxylic acids is 3. The van der Waals surface area contributed by atoms with E-state index in [0.717, 1.165) is 38.5 Å². The van der Waals surface area contributed by atoms with Crippen LogP contribution in [0.2, 0.25) is 0 Å². The van der Waals surface area contributed by atoms with E-state index >= 15 is 0 Å². The SMILES string of the molecule is C=C(COCCCCCNC(=O)NCCCCCOCC(=C)C(=O)OC)C(=O)OC. The predicted molar refractivity (Wildman–Crippen MR) is 113 cm³/mol. The maximum Gasteiger partial charge on any atom is 0.335 e. The lowest BCUT2D eigenvalue weighted by Crippen LogP contribution is -2.36. The quantitative estimate of drug-likeness (QED) is 0.195. The van der Waals surface area contributed by atoms with Crippen molar-refractivity contribution >= 4 is 18.0 Å². The van der Waals surface area contributed by atoms with Crippen LogP contribution in [0.15, 0.2) is 24.3 Å². The molecule has 0 aromatic carbocycles. The van der Waals surface area contributed by atoms with Gasteiger partial charge in [-0.1, -0.05) is 13.2 Å². The Morgan fingerprint density at radius 2 is 1.07 bits per heavy atom. The summed E-state index contributed by atoms with van der Waals surface area (Å²) in [6, 6.07) is -0.175. The molecule has 0 fully saturated rings. The average Bonchev–Trinajstić information content (AvgIpc) is 2.75. The van der Waals surface area contributed by atoms with Crippen LogP contribution in [0, 0.1) is 0 Å². The minimum absolute atomic E-state index is 0.169. The van der Waals surface area contributed by atoms with Gasteiger partial charge in [0.1, 0.15) is 0 Å². The highest BCUT2D eigenvalue weighted by molar-refractivity contribution is 5.88. The average molecular weight is 429 g/mol. The van der Waals surface area contributed by atoms with Crippen molar-refractivity contribution in [2.45, 2.75) is 38.5 Å². The Balaban J connectivity index is 3.38. The molecule has 0 aromatic rings. The van der Waals surface area contributed by atoms with Crippen molar-refractivity contribution in [1.82, 2.24) is 10.6 Å². The van der Waals surface area contributed by atoms with Gasteiger partial charge in [-0.25, -0.2) is 14.4 Å². The molecule has 30 heavy (non-hydrogen) atoms. The van der Waals surface area contributed by atoms with Crippen LogP contribution < -0.4 is 10.6 Å². The molecule has 0 aromatic heterocycles. The minimum atomic E-state index is -0.458. The Labute approximate surface area is 179 Å². The van der Waals surface area contributed by atoms with Gasteiger partial charge in [0.15, 0.2) is 0 Å². The first-order valence-electron chi connectivity index (χ1n) is 10.1. The topological polar surface area (TPSA) is 112 Å². The fourth-order valence-electron chi connectivity index (χ4n) is 2.28. The van der Waals surface area contributed by atoms with Gasteiger partial charge in [-0.05, 0) is 38.5 Å². The number of unbranched alkanes of at least 4 members (excludes halogenated alkanes) is 4. The van der Waals surface area contributed by atoms with Crippen molar-refractivity contribution < 1.29 is 33.3 Å². The molecule has 0 saturated heterocycles. The van der Waals surface area contributed by atoms with Crippen molar-refractivity contribution in [1.29, 1.82) is 0 Å². The molecule has 0 radical (unpaired) electrons. The Morgan fingerprint density at radius 3 is 1.43 bits per heavy atom. The number of hydrogen-bond donors (Lipinski definition) is 2. The Morgan fingerprint density at radius 1 is 0.667 bits per heavy atom. The normalized spacial score (nSPS) is 10.2. The van der Waals surface area contributed by atoms with Crippen LogP contribution in [0.25, 0.3) is 0 Å². The Bertz CT molecular complexity index is 503. The summed E-state index contributed by atoms with van der Waals surface area (Å²) in [6.07, 6.45) is 5.20. The molecule has 0 aliphatic carbocycles. The number of carbonyl (C=O) groups is 3. The summed E-state index contributed by atoms with van der Waals surface area (Å²) < 4.78 is 19.7. The van der Waals surface area contributed by atoms with Gasteiger partial charge in [0, 0.05) is 26.3 Å². The van der Waals surface area contributed by atoms with Crippen molar-refractivity contribution in [2.75, 3.05) is 53.7 Å². The number of rotatable bonds is 18. The van der Waals surface area contributed by atoms with Crippen LogP contribution in [0.3, 0.4) is 0 Å². The summed E-state index contributed by atoms with van der Waals surface area (Å²) in [5.41, 5.74) is 0.598. The van der Waals surface area contributed by atoms with Gasteiger partial charge in [-0.2, -0.15) is 0 Å². The molecular weight excluding hydrogens is 392 g/mol. The number of amides is 2. The number of ether oxygens (including phenoxy) is 4. The second-order valence-corrected chi connectivity index (χ2v) is 6.60. The van der Waals surface area contributed by atoms with Gasteiger partial charge < -0.3 is 29.6 Å². The van der Waals surface area contributed by atoms with Crippen molar-refractivity contribution in [3.63, 3.8) is 0 Å². The second kappa shape index (κ2) is 18.6. The fourth-order valence-corrected chi connectivity index (χ4v) is 2.28. The van der Waals surface area contributed by atoms with Gasteiger partial charge in [-0.15, -0.1) is 0 Å². The third-order valence-electron chi connectivity index (χ3n) is 4.00. The Hall–Kier alpha value is -2.39. The predicted octanol–water partition coefficient (Wildman–Crippen LogP) is 2.12. The zero-order valence-electron chi connectivity index (χ0n) is 18.3. The van der Waals surface area contributed by atoms with E-state index in [1.807, 2.05) is 0 Å². The number of urea groups is 1. The van der Waals surface area contributed by atoms with Crippen molar-refractivity contribution in [3.05, 3.63) is 24.3 Å². The summed E-state index contributed by atoms with van der Waals surface area (Å²) in [7, 11) is 2.61. The smallest absolute Gasteiger partial charge is 0.335 e. The molecule has 2 N–H and O–H groups in total. The molecule has 0 bridgehead atoms. The first kappa shape index (κ1) is 27.6. The van der Waals surface area contributed by atoms with Gasteiger partial charge >= 0.3 is 18.0 Å². The highest BCUT2D eigenvalue weighted by Crippen LogP contribution is 2.00. The maximum atomic E-state index is 11.7. The van der Waals surface area contributed by atoms with Crippen LogP contribution in [-0.4, -0.2) is 71.7 Å². The van der Waals surface area contributed by atoms with Crippen LogP contribution in [0.1, 0.15) is 38.5 Å². The molecule has 0 aliphatic heterocycles. The van der Waals surface area contributed by atoms with Crippen molar-refractivity contribution in [2.24, 2.45) is 0 Å². The number of nitrogens with one attached hydrogen (secondary N) is 2.